The van der Waals surface area contributed by atoms with Gasteiger partial charge in [-0.3, -0.25) is 14.9 Å². The Kier molecular flexibility index (Phi) is 7.19. The molecule has 1 atom stereocenters. The molecule has 0 aliphatic carbocycles. The molecule has 1 amide bonds. The second-order valence-electron chi connectivity index (χ2n) is 11.1. The molecule has 5 N–H and O–H groups in total. The molecule has 0 saturated heterocycles. The van der Waals surface area contributed by atoms with Gasteiger partial charge in [-0.15, -0.1) is 0 Å². The van der Waals surface area contributed by atoms with E-state index in [1.165, 1.54) is 6.07 Å². The van der Waals surface area contributed by atoms with Crippen molar-refractivity contribution in [1.29, 1.82) is 0 Å². The molecular weight excluding hydrogens is 603 g/mol. The number of aromatic amines is 2. The molecule has 1 unspecified atom stereocenters. The highest BCUT2D eigenvalue weighted by atomic mass is 32.2. The van der Waals surface area contributed by atoms with E-state index in [0.29, 0.717) is 28.1 Å². The number of halogens is 1. The van der Waals surface area contributed by atoms with Gasteiger partial charge in [-0.25, -0.2) is 12.8 Å². The van der Waals surface area contributed by atoms with Gasteiger partial charge in [-0.2, -0.15) is 5.10 Å². The summed E-state index contributed by atoms with van der Waals surface area (Å²) < 4.78 is 38.9. The molecule has 0 bridgehead atoms. The van der Waals surface area contributed by atoms with Crippen molar-refractivity contribution >= 4 is 43.2 Å². The molecule has 0 fully saturated rings. The van der Waals surface area contributed by atoms with Crippen LogP contribution in [-0.2, 0) is 9.84 Å². The van der Waals surface area contributed by atoms with Crippen molar-refractivity contribution in [3.05, 3.63) is 126 Å². The molecule has 0 spiro atoms. The molecule has 3 aromatic heterocycles. The molecule has 7 rings (SSSR count). The zero-order chi connectivity index (χ0) is 32.0. The van der Waals surface area contributed by atoms with Crippen LogP contribution in [0.1, 0.15) is 21.3 Å². The summed E-state index contributed by atoms with van der Waals surface area (Å²) in [4.78, 5) is 20.5. The minimum absolute atomic E-state index is 0.175. The number of rotatable bonds is 7. The smallest absolute Gasteiger partial charge is 0.255 e. The van der Waals surface area contributed by atoms with Gasteiger partial charge < -0.3 is 16.0 Å². The minimum Gasteiger partial charge on any atom is -0.353 e. The van der Waals surface area contributed by atoms with Gasteiger partial charge >= 0.3 is 0 Å². The molecule has 7 aromatic rings. The van der Waals surface area contributed by atoms with Crippen molar-refractivity contribution < 1.29 is 17.6 Å². The van der Waals surface area contributed by atoms with Gasteiger partial charge in [0.15, 0.2) is 9.84 Å². The summed E-state index contributed by atoms with van der Waals surface area (Å²) in [5.41, 5.74) is 13.2. The number of fused-ring (bicyclic) bond motifs is 2. The lowest BCUT2D eigenvalue weighted by molar-refractivity contribution is 0.102. The Morgan fingerprint density at radius 2 is 1.67 bits per heavy atom. The van der Waals surface area contributed by atoms with Crippen molar-refractivity contribution in [1.82, 2.24) is 20.2 Å². The summed E-state index contributed by atoms with van der Waals surface area (Å²) in [6, 6.07) is 28.4. The standard InChI is InChI=1S/C35H27FN6O3S/c1-46(44,45)34(37)23-12-22(13-25(36)14-23)27-8-5-9-30-28(27)17-32(40-30)33-29-16-21(10-11-31(29)41-42-33)24-15-26(19-38-18-24)39-35(43)20-6-3-2-4-7-20/h2-19,34,40H,37H2,1H3,(H,39,43)(H,41,42). The van der Waals surface area contributed by atoms with Gasteiger partial charge in [0.1, 0.15) is 16.9 Å². The fourth-order valence-electron chi connectivity index (χ4n) is 5.57. The van der Waals surface area contributed by atoms with Crippen LogP contribution in [0.25, 0.3) is 55.4 Å². The lowest BCUT2D eigenvalue weighted by atomic mass is 9.99. The highest BCUT2D eigenvalue weighted by Crippen LogP contribution is 2.36. The number of nitrogens with two attached hydrogens (primary N) is 1. The number of nitrogens with zero attached hydrogens (tertiary/aromatic N) is 2. The monoisotopic (exact) mass is 630 g/mol. The molecule has 228 valence electrons. The summed E-state index contributed by atoms with van der Waals surface area (Å²) >= 11 is 0. The number of carbonyl (C=O) groups is 1. The predicted octanol–water partition coefficient (Wildman–Crippen LogP) is 6.83. The van der Waals surface area contributed by atoms with Gasteiger partial charge in [-0.05, 0) is 82.9 Å². The van der Waals surface area contributed by atoms with Crippen molar-refractivity contribution in [3.63, 3.8) is 0 Å². The summed E-state index contributed by atoms with van der Waals surface area (Å²) in [5, 5.41) is 10.9. The Morgan fingerprint density at radius 3 is 2.48 bits per heavy atom. The Morgan fingerprint density at radius 1 is 0.848 bits per heavy atom. The van der Waals surface area contributed by atoms with Crippen LogP contribution in [0.3, 0.4) is 0 Å². The molecule has 0 aliphatic rings. The molecule has 4 aromatic carbocycles. The third-order valence-corrected chi connectivity index (χ3v) is 9.06. The third kappa shape index (κ3) is 5.53. The van der Waals surface area contributed by atoms with E-state index in [0.717, 1.165) is 50.9 Å². The fraction of sp³-hybridized carbons (Fsp3) is 0.0571. The number of aromatic nitrogens is 4. The first-order valence-electron chi connectivity index (χ1n) is 14.3. The molecule has 0 radical (unpaired) electrons. The number of nitrogens with one attached hydrogen (secondary N) is 3. The van der Waals surface area contributed by atoms with Gasteiger partial charge in [-0.1, -0.05) is 36.4 Å². The number of amides is 1. The normalized spacial score (nSPS) is 12.4. The first kappa shape index (κ1) is 29.1. The van der Waals surface area contributed by atoms with Gasteiger partial charge in [0.25, 0.3) is 5.91 Å². The number of anilines is 1. The lowest BCUT2D eigenvalue weighted by Crippen LogP contribution is -2.20. The van der Waals surface area contributed by atoms with Crippen LogP contribution in [0.2, 0.25) is 0 Å². The van der Waals surface area contributed by atoms with Crippen molar-refractivity contribution in [2.75, 3.05) is 11.6 Å². The third-order valence-electron chi connectivity index (χ3n) is 7.87. The predicted molar refractivity (Wildman–Crippen MR) is 178 cm³/mol. The SMILES string of the molecule is CS(=O)(=O)C(N)c1cc(F)cc(-c2cccc3[nH]c(-c4n[nH]c5ccc(-c6cncc(NC(=O)c7ccccc7)c6)cc45)cc23)c1. The van der Waals surface area contributed by atoms with Crippen LogP contribution in [0.5, 0.6) is 0 Å². The Balaban J connectivity index is 1.25. The fourth-order valence-corrected chi connectivity index (χ4v) is 6.20. The number of H-pyrrole nitrogens is 2. The number of benzene rings is 4. The molecule has 46 heavy (non-hydrogen) atoms. The Hall–Kier alpha value is -5.65. The Bertz CT molecular complexity index is 2390. The summed E-state index contributed by atoms with van der Waals surface area (Å²) in [7, 11) is -3.63. The molecule has 11 heteroatoms. The topological polar surface area (TPSA) is 147 Å². The average molecular weight is 631 g/mol. The van der Waals surface area contributed by atoms with E-state index in [-0.39, 0.29) is 11.5 Å². The first-order chi connectivity index (χ1) is 22.1. The van der Waals surface area contributed by atoms with Crippen molar-refractivity contribution in [3.8, 4) is 33.6 Å². The van der Waals surface area contributed by atoms with E-state index in [1.54, 1.807) is 30.6 Å². The van der Waals surface area contributed by atoms with Gasteiger partial charge in [0.2, 0.25) is 0 Å². The molecule has 9 nitrogen and oxygen atoms in total. The lowest BCUT2D eigenvalue weighted by Gasteiger charge is -2.12. The van der Waals surface area contributed by atoms with E-state index in [2.05, 4.69) is 25.5 Å². The molecule has 0 saturated carbocycles. The van der Waals surface area contributed by atoms with Crippen molar-refractivity contribution in [2.45, 2.75) is 5.37 Å². The van der Waals surface area contributed by atoms with Crippen LogP contribution >= 0.6 is 0 Å². The quantitative estimate of drug-likeness (QED) is 0.152. The van der Waals surface area contributed by atoms with E-state index in [9.17, 15) is 17.6 Å². The van der Waals surface area contributed by atoms with Crippen LogP contribution < -0.4 is 11.1 Å². The summed E-state index contributed by atoms with van der Waals surface area (Å²) in [6.45, 7) is 0. The highest BCUT2D eigenvalue weighted by molar-refractivity contribution is 7.90. The maximum atomic E-state index is 14.7. The van der Waals surface area contributed by atoms with E-state index in [4.69, 9.17) is 5.73 Å². The van der Waals surface area contributed by atoms with Crippen LogP contribution in [0.15, 0.2) is 109 Å². The summed E-state index contributed by atoms with van der Waals surface area (Å²) in [5.74, 6) is -0.804. The Labute approximate surface area is 263 Å². The second-order valence-corrected chi connectivity index (χ2v) is 13.3. The number of pyridine rings is 1. The molecule has 0 aliphatic heterocycles. The van der Waals surface area contributed by atoms with Gasteiger partial charge in [0, 0.05) is 39.9 Å². The van der Waals surface area contributed by atoms with Gasteiger partial charge in [0.05, 0.1) is 23.1 Å². The average Bonchev–Trinajstić information content (AvgIpc) is 3.68. The maximum absolute atomic E-state index is 14.7. The summed E-state index contributed by atoms with van der Waals surface area (Å²) in [6.07, 6.45) is 4.36. The number of sulfone groups is 1. The van der Waals surface area contributed by atoms with E-state index in [1.807, 2.05) is 66.7 Å². The first-order valence-corrected chi connectivity index (χ1v) is 16.3. The zero-order valence-electron chi connectivity index (χ0n) is 24.5. The van der Waals surface area contributed by atoms with Crippen molar-refractivity contribution in [2.24, 2.45) is 5.73 Å². The second kappa shape index (κ2) is 11.4. The largest absolute Gasteiger partial charge is 0.353 e. The zero-order valence-corrected chi connectivity index (χ0v) is 25.3. The van der Waals surface area contributed by atoms with Crippen LogP contribution in [0.4, 0.5) is 10.1 Å². The number of hydrogen-bond donors (Lipinski definition) is 4. The van der Waals surface area contributed by atoms with E-state index >= 15 is 0 Å². The highest BCUT2D eigenvalue weighted by Gasteiger charge is 2.21. The number of hydrogen-bond acceptors (Lipinski definition) is 6. The van der Waals surface area contributed by atoms with Crippen LogP contribution in [-0.4, -0.2) is 40.7 Å². The molecular formula is C35H27FN6O3S. The maximum Gasteiger partial charge on any atom is 0.255 e. The van der Waals surface area contributed by atoms with E-state index < -0.39 is 21.0 Å². The minimum atomic E-state index is -3.63. The number of carbonyl (C=O) groups excluding carboxylic acids is 1. The molecule has 3 heterocycles. The van der Waals surface area contributed by atoms with Crippen LogP contribution in [0, 0.1) is 5.82 Å².